The Bertz CT molecular complexity index is 1240. The number of likely N-dealkylation sites (N-methyl/N-ethyl adjacent to an activating group) is 1. The van der Waals surface area contributed by atoms with Gasteiger partial charge in [-0.1, -0.05) is 18.1 Å². The molecule has 0 bridgehead atoms. The lowest BCUT2D eigenvalue weighted by Crippen LogP contribution is -2.41. The Morgan fingerprint density at radius 3 is 2.68 bits per heavy atom. The number of benzene rings is 1. The first-order valence-corrected chi connectivity index (χ1v) is 12.3. The Morgan fingerprint density at radius 1 is 1.18 bits per heavy atom. The Kier molecular flexibility index (Phi) is 9.58. The fourth-order valence-corrected chi connectivity index (χ4v) is 3.26. The SMILES string of the molecule is CCCNc1nc(Nc2cccc(F)c2)ncc1-c1cc(CCNC(=O)CN(C)C(=O)OC(C)(C)C)on1. The van der Waals surface area contributed by atoms with E-state index in [0.717, 1.165) is 6.42 Å². The molecule has 12 heteroatoms. The van der Waals surface area contributed by atoms with Gasteiger partial charge in [-0.25, -0.2) is 14.2 Å². The van der Waals surface area contributed by atoms with Crippen LogP contribution in [0.5, 0.6) is 0 Å². The van der Waals surface area contributed by atoms with E-state index in [2.05, 4.69) is 31.1 Å². The number of rotatable bonds is 11. The number of halogens is 1. The second-order valence-corrected chi connectivity index (χ2v) is 9.63. The van der Waals surface area contributed by atoms with Crippen molar-refractivity contribution in [3.63, 3.8) is 0 Å². The van der Waals surface area contributed by atoms with Gasteiger partial charge in [0, 0.05) is 44.5 Å². The smallest absolute Gasteiger partial charge is 0.410 e. The molecule has 0 atom stereocenters. The molecule has 0 saturated heterocycles. The van der Waals surface area contributed by atoms with Gasteiger partial charge in [0.05, 0.1) is 5.56 Å². The number of hydrogen-bond donors (Lipinski definition) is 3. The monoisotopic (exact) mass is 527 g/mol. The summed E-state index contributed by atoms with van der Waals surface area (Å²) in [4.78, 5) is 34.3. The highest BCUT2D eigenvalue weighted by Crippen LogP contribution is 2.27. The van der Waals surface area contributed by atoms with Gasteiger partial charge in [0.25, 0.3) is 0 Å². The van der Waals surface area contributed by atoms with Crippen LogP contribution < -0.4 is 16.0 Å². The maximum Gasteiger partial charge on any atom is 0.410 e. The lowest BCUT2D eigenvalue weighted by atomic mass is 10.2. The quantitative estimate of drug-likeness (QED) is 0.332. The predicted molar refractivity (Wildman–Crippen MR) is 142 cm³/mol. The van der Waals surface area contributed by atoms with Crippen LogP contribution >= 0.6 is 0 Å². The molecular weight excluding hydrogens is 493 g/mol. The molecule has 11 nitrogen and oxygen atoms in total. The summed E-state index contributed by atoms with van der Waals surface area (Å²) >= 11 is 0. The van der Waals surface area contributed by atoms with Crippen molar-refractivity contribution in [3.05, 3.63) is 48.1 Å². The van der Waals surface area contributed by atoms with Gasteiger partial charge in [-0.2, -0.15) is 4.98 Å². The summed E-state index contributed by atoms with van der Waals surface area (Å²) in [6.45, 7) is 8.17. The molecule has 38 heavy (non-hydrogen) atoms. The summed E-state index contributed by atoms with van der Waals surface area (Å²) in [6, 6.07) is 7.79. The molecule has 3 aromatic rings. The molecule has 0 radical (unpaired) electrons. The molecule has 0 aliphatic rings. The Labute approximate surface area is 221 Å². The number of carbonyl (C=O) groups excluding carboxylic acids is 2. The lowest BCUT2D eigenvalue weighted by Gasteiger charge is -2.24. The van der Waals surface area contributed by atoms with Crippen molar-refractivity contribution in [1.29, 1.82) is 0 Å². The maximum absolute atomic E-state index is 13.5. The highest BCUT2D eigenvalue weighted by Gasteiger charge is 2.21. The van der Waals surface area contributed by atoms with Crippen LogP contribution in [0.3, 0.4) is 0 Å². The first kappa shape index (κ1) is 28.4. The average Bonchev–Trinajstić information content (AvgIpc) is 3.30. The van der Waals surface area contributed by atoms with E-state index in [1.54, 1.807) is 45.2 Å². The molecule has 0 fully saturated rings. The molecule has 0 aliphatic carbocycles. The highest BCUT2D eigenvalue weighted by molar-refractivity contribution is 5.82. The van der Waals surface area contributed by atoms with Gasteiger partial charge in [0.1, 0.15) is 35.2 Å². The van der Waals surface area contributed by atoms with Crippen LogP contribution in [-0.2, 0) is 16.0 Å². The van der Waals surface area contributed by atoms with Crippen molar-refractivity contribution in [2.45, 2.75) is 46.1 Å². The molecule has 3 N–H and O–H groups in total. The van der Waals surface area contributed by atoms with E-state index >= 15 is 0 Å². The first-order valence-electron chi connectivity index (χ1n) is 12.3. The third-order valence-electron chi connectivity index (χ3n) is 5.03. The van der Waals surface area contributed by atoms with Gasteiger partial charge >= 0.3 is 6.09 Å². The van der Waals surface area contributed by atoms with Gasteiger partial charge in [0.15, 0.2) is 0 Å². The van der Waals surface area contributed by atoms with Crippen molar-refractivity contribution in [2.75, 3.05) is 37.3 Å². The number of anilines is 3. The summed E-state index contributed by atoms with van der Waals surface area (Å²) in [6.07, 6.45) is 2.32. The maximum atomic E-state index is 13.5. The van der Waals surface area contributed by atoms with Crippen LogP contribution in [0.15, 0.2) is 41.1 Å². The molecule has 0 unspecified atom stereocenters. The predicted octanol–water partition coefficient (Wildman–Crippen LogP) is 4.36. The number of ether oxygens (including phenoxy) is 1. The number of hydrogen-bond acceptors (Lipinski definition) is 9. The van der Waals surface area contributed by atoms with Crippen LogP contribution in [0.4, 0.5) is 26.6 Å². The summed E-state index contributed by atoms with van der Waals surface area (Å²) in [5.41, 5.74) is 1.07. The molecule has 0 saturated carbocycles. The summed E-state index contributed by atoms with van der Waals surface area (Å²) in [7, 11) is 1.50. The van der Waals surface area contributed by atoms with Gasteiger partial charge in [-0.05, 0) is 45.4 Å². The molecule has 2 amide bonds. The standard InChI is InChI=1S/C26H34FN7O4/c1-6-11-29-23-20(15-30-24(32-23)31-18-9-7-8-17(27)13-18)21-14-19(38-33-21)10-12-28-22(35)16-34(5)25(36)37-26(2,3)4/h7-9,13-15H,6,10-12,16H2,1-5H3,(H,28,35)(H2,29,30,31,32). The van der Waals surface area contributed by atoms with Gasteiger partial charge in [-0.3, -0.25) is 4.79 Å². The van der Waals surface area contributed by atoms with Crippen LogP contribution in [0.1, 0.15) is 39.9 Å². The van der Waals surface area contributed by atoms with Crippen LogP contribution in [0, 0.1) is 5.82 Å². The van der Waals surface area contributed by atoms with E-state index in [1.807, 2.05) is 6.92 Å². The number of nitrogens with zero attached hydrogens (tertiary/aromatic N) is 4. The topological polar surface area (TPSA) is 135 Å². The van der Waals surface area contributed by atoms with E-state index < -0.39 is 11.7 Å². The first-order chi connectivity index (χ1) is 18.0. The highest BCUT2D eigenvalue weighted by atomic mass is 19.1. The third kappa shape index (κ3) is 8.71. The van der Waals surface area contributed by atoms with Crippen molar-refractivity contribution < 1.29 is 23.2 Å². The van der Waals surface area contributed by atoms with Crippen LogP contribution in [0.2, 0.25) is 0 Å². The van der Waals surface area contributed by atoms with Crippen LogP contribution in [0.25, 0.3) is 11.3 Å². The van der Waals surface area contributed by atoms with Gasteiger partial charge in [-0.15, -0.1) is 0 Å². The second-order valence-electron chi connectivity index (χ2n) is 9.63. The summed E-state index contributed by atoms with van der Waals surface area (Å²) in [5, 5.41) is 13.1. The zero-order valence-corrected chi connectivity index (χ0v) is 22.3. The molecular formula is C26H34FN7O4. The Hall–Kier alpha value is -4.22. The Morgan fingerprint density at radius 2 is 1.97 bits per heavy atom. The van der Waals surface area contributed by atoms with Crippen LogP contribution in [-0.4, -0.2) is 64.3 Å². The lowest BCUT2D eigenvalue weighted by molar-refractivity contribution is -0.121. The number of amides is 2. The summed E-state index contributed by atoms with van der Waals surface area (Å²) < 4.78 is 24.2. The van der Waals surface area contributed by atoms with E-state index in [9.17, 15) is 14.0 Å². The van der Waals surface area contributed by atoms with Gasteiger partial charge < -0.3 is 30.1 Å². The van der Waals surface area contributed by atoms with E-state index in [4.69, 9.17) is 9.26 Å². The van der Waals surface area contributed by atoms with Crippen molar-refractivity contribution >= 4 is 29.5 Å². The van der Waals surface area contributed by atoms with Gasteiger partial charge in [0.2, 0.25) is 11.9 Å². The largest absolute Gasteiger partial charge is 0.444 e. The third-order valence-corrected chi connectivity index (χ3v) is 5.03. The van der Waals surface area contributed by atoms with Crippen molar-refractivity contribution in [1.82, 2.24) is 25.3 Å². The average molecular weight is 528 g/mol. The molecule has 0 aliphatic heterocycles. The van der Waals surface area contributed by atoms with Crippen molar-refractivity contribution in [3.8, 4) is 11.3 Å². The van der Waals surface area contributed by atoms with E-state index in [1.165, 1.54) is 24.1 Å². The fourth-order valence-electron chi connectivity index (χ4n) is 3.26. The fraction of sp³-hybridized carbons (Fsp3) is 0.423. The zero-order chi connectivity index (χ0) is 27.7. The van der Waals surface area contributed by atoms with Crippen molar-refractivity contribution in [2.24, 2.45) is 0 Å². The zero-order valence-electron chi connectivity index (χ0n) is 22.3. The second kappa shape index (κ2) is 12.8. The minimum absolute atomic E-state index is 0.129. The number of nitrogens with one attached hydrogen (secondary N) is 3. The Balaban J connectivity index is 1.60. The normalized spacial score (nSPS) is 11.1. The molecule has 2 heterocycles. The minimum Gasteiger partial charge on any atom is -0.444 e. The number of carbonyl (C=O) groups is 2. The van der Waals surface area contributed by atoms with E-state index in [-0.39, 0.29) is 18.3 Å². The molecule has 0 spiro atoms. The van der Waals surface area contributed by atoms with E-state index in [0.29, 0.717) is 54.0 Å². The minimum atomic E-state index is -0.638. The molecule has 204 valence electrons. The molecule has 3 rings (SSSR count). The molecule has 2 aromatic heterocycles. The molecule has 1 aromatic carbocycles. The summed E-state index contributed by atoms with van der Waals surface area (Å²) in [5.74, 6) is 0.736. The number of aromatic nitrogens is 3.